The molecule has 0 saturated carbocycles. The number of anilines is 1. The van der Waals surface area contributed by atoms with Gasteiger partial charge in [0.2, 0.25) is 11.8 Å². The summed E-state index contributed by atoms with van der Waals surface area (Å²) in [6.45, 7) is 0.397. The van der Waals surface area contributed by atoms with Crippen molar-refractivity contribution in [1.29, 1.82) is 0 Å². The number of rotatable bonds is 6. The molecule has 0 radical (unpaired) electrons. The monoisotopic (exact) mass is 381 g/mol. The lowest BCUT2D eigenvalue weighted by molar-refractivity contribution is -0.124. The van der Waals surface area contributed by atoms with Crippen LogP contribution >= 0.6 is 0 Å². The number of amides is 2. The zero-order chi connectivity index (χ0) is 19.5. The molecule has 2 aromatic heterocycles. The van der Waals surface area contributed by atoms with Crippen molar-refractivity contribution in [3.05, 3.63) is 52.4 Å². The average molecular weight is 381 g/mol. The van der Waals surface area contributed by atoms with E-state index in [2.05, 4.69) is 25.6 Å². The zero-order valence-corrected chi connectivity index (χ0v) is 15.0. The summed E-state index contributed by atoms with van der Waals surface area (Å²) >= 11 is 0. The standard InChI is InChI=1S/C19H19N5O4/c25-16(20-10-12-9-11-3-1-2-4-14(11)28-12)7-8-17(26)22-15-6-5-13-18(23-15)24-19(27)21-13/h1-6,12H,7-10H2,(H,20,25)(H3,21,22,23,24,26,27). The Hall–Kier alpha value is -3.62. The number of aromatic nitrogens is 3. The maximum Gasteiger partial charge on any atom is 0.325 e. The summed E-state index contributed by atoms with van der Waals surface area (Å²) in [6, 6.07) is 11.0. The number of aromatic amines is 2. The number of fused-ring (bicyclic) bond motifs is 2. The number of benzene rings is 1. The molecule has 1 atom stereocenters. The van der Waals surface area contributed by atoms with Gasteiger partial charge in [-0.1, -0.05) is 18.2 Å². The molecule has 0 spiro atoms. The molecule has 1 aromatic carbocycles. The first-order chi connectivity index (χ1) is 13.6. The second-order valence-electron chi connectivity index (χ2n) is 6.58. The van der Waals surface area contributed by atoms with Crippen LogP contribution in [0, 0.1) is 0 Å². The fraction of sp³-hybridized carbons (Fsp3) is 0.263. The van der Waals surface area contributed by atoms with Gasteiger partial charge in [0.1, 0.15) is 17.7 Å². The Labute approximate surface area is 159 Å². The molecule has 1 unspecified atom stereocenters. The molecule has 3 heterocycles. The van der Waals surface area contributed by atoms with Gasteiger partial charge in [0.25, 0.3) is 0 Å². The van der Waals surface area contributed by atoms with Crippen LogP contribution in [0.2, 0.25) is 0 Å². The van der Waals surface area contributed by atoms with Crippen LogP contribution in [-0.2, 0) is 16.0 Å². The number of ether oxygens (including phenoxy) is 1. The topological polar surface area (TPSA) is 129 Å². The van der Waals surface area contributed by atoms with Gasteiger partial charge in [-0.05, 0) is 23.8 Å². The summed E-state index contributed by atoms with van der Waals surface area (Å²) < 4.78 is 5.77. The van der Waals surface area contributed by atoms with Gasteiger partial charge in [0.05, 0.1) is 12.1 Å². The number of carbonyl (C=O) groups is 2. The van der Waals surface area contributed by atoms with Gasteiger partial charge in [-0.3, -0.25) is 14.6 Å². The van der Waals surface area contributed by atoms with Gasteiger partial charge in [-0.15, -0.1) is 0 Å². The van der Waals surface area contributed by atoms with Crippen molar-refractivity contribution in [2.45, 2.75) is 25.4 Å². The molecule has 0 fully saturated rings. The van der Waals surface area contributed by atoms with Crippen LogP contribution in [0.15, 0.2) is 41.2 Å². The number of imidazole rings is 1. The van der Waals surface area contributed by atoms with E-state index >= 15 is 0 Å². The largest absolute Gasteiger partial charge is 0.488 e. The summed E-state index contributed by atoms with van der Waals surface area (Å²) in [7, 11) is 0. The lowest BCUT2D eigenvalue weighted by Gasteiger charge is -2.12. The molecule has 1 aliphatic rings. The van der Waals surface area contributed by atoms with Crippen molar-refractivity contribution >= 4 is 28.8 Å². The predicted octanol–water partition coefficient (Wildman–Crippen LogP) is 1.09. The van der Waals surface area contributed by atoms with Crippen LogP contribution in [-0.4, -0.2) is 39.4 Å². The van der Waals surface area contributed by atoms with Crippen LogP contribution in [0.5, 0.6) is 5.75 Å². The summed E-state index contributed by atoms with van der Waals surface area (Å²) in [4.78, 5) is 44.5. The van der Waals surface area contributed by atoms with E-state index in [1.165, 1.54) is 0 Å². The van der Waals surface area contributed by atoms with Crippen molar-refractivity contribution < 1.29 is 14.3 Å². The van der Waals surface area contributed by atoms with Crippen LogP contribution in [0.4, 0.5) is 5.82 Å². The molecule has 4 rings (SSSR count). The highest BCUT2D eigenvalue weighted by molar-refractivity contribution is 5.93. The molecule has 1 aliphatic heterocycles. The summed E-state index contributed by atoms with van der Waals surface area (Å²) in [5.74, 6) is 0.622. The van der Waals surface area contributed by atoms with E-state index in [-0.39, 0.29) is 36.4 Å². The Morgan fingerprint density at radius 3 is 2.79 bits per heavy atom. The van der Waals surface area contributed by atoms with E-state index in [4.69, 9.17) is 4.74 Å². The van der Waals surface area contributed by atoms with Crippen molar-refractivity contribution in [2.24, 2.45) is 0 Å². The Bertz CT molecular complexity index is 1060. The number of pyridine rings is 1. The van der Waals surface area contributed by atoms with E-state index in [0.29, 0.717) is 23.5 Å². The number of hydrogen-bond acceptors (Lipinski definition) is 5. The highest BCUT2D eigenvalue weighted by Crippen LogP contribution is 2.27. The highest BCUT2D eigenvalue weighted by Gasteiger charge is 2.22. The fourth-order valence-corrected chi connectivity index (χ4v) is 3.10. The number of nitrogens with one attached hydrogen (secondary N) is 4. The van der Waals surface area contributed by atoms with Gasteiger partial charge in [0.15, 0.2) is 5.65 Å². The van der Waals surface area contributed by atoms with E-state index < -0.39 is 0 Å². The molecular formula is C19H19N5O4. The molecule has 9 nitrogen and oxygen atoms in total. The van der Waals surface area contributed by atoms with E-state index in [0.717, 1.165) is 17.7 Å². The van der Waals surface area contributed by atoms with Gasteiger partial charge in [0, 0.05) is 19.3 Å². The molecule has 9 heteroatoms. The highest BCUT2D eigenvalue weighted by atomic mass is 16.5. The molecule has 28 heavy (non-hydrogen) atoms. The fourth-order valence-electron chi connectivity index (χ4n) is 3.10. The first-order valence-corrected chi connectivity index (χ1v) is 8.97. The number of nitrogens with zero attached hydrogens (tertiary/aromatic N) is 1. The van der Waals surface area contributed by atoms with Crippen LogP contribution in [0.25, 0.3) is 11.2 Å². The van der Waals surface area contributed by atoms with Gasteiger partial charge in [-0.25, -0.2) is 9.78 Å². The van der Waals surface area contributed by atoms with Crippen molar-refractivity contribution in [3.8, 4) is 5.75 Å². The molecule has 2 amide bonds. The maximum atomic E-state index is 12.0. The number of para-hydroxylation sites is 1. The Balaban J connectivity index is 1.21. The van der Waals surface area contributed by atoms with Gasteiger partial charge >= 0.3 is 5.69 Å². The molecule has 0 aliphatic carbocycles. The summed E-state index contributed by atoms with van der Waals surface area (Å²) in [6.07, 6.45) is 0.761. The minimum Gasteiger partial charge on any atom is -0.488 e. The molecule has 0 bridgehead atoms. The molecule has 4 N–H and O–H groups in total. The Morgan fingerprint density at radius 2 is 1.93 bits per heavy atom. The van der Waals surface area contributed by atoms with Crippen LogP contribution in [0.3, 0.4) is 0 Å². The normalized spacial score (nSPS) is 15.1. The van der Waals surface area contributed by atoms with Gasteiger partial charge < -0.3 is 20.4 Å². The SMILES string of the molecule is O=C(CCC(=O)Nc1ccc2[nH]c(=O)[nH]c2n1)NCC1Cc2ccccc2O1. The summed E-state index contributed by atoms with van der Waals surface area (Å²) in [5, 5.41) is 5.42. The molecule has 3 aromatic rings. The average Bonchev–Trinajstić information content (AvgIpc) is 3.26. The first kappa shape index (κ1) is 17.8. The first-order valence-electron chi connectivity index (χ1n) is 8.97. The Morgan fingerprint density at radius 1 is 1.11 bits per heavy atom. The Kier molecular flexibility index (Phi) is 4.79. The molecule has 144 valence electrons. The zero-order valence-electron chi connectivity index (χ0n) is 15.0. The second kappa shape index (κ2) is 7.55. The van der Waals surface area contributed by atoms with E-state index in [1.807, 2.05) is 24.3 Å². The third kappa shape index (κ3) is 4.03. The van der Waals surface area contributed by atoms with Gasteiger partial charge in [-0.2, -0.15) is 0 Å². The second-order valence-corrected chi connectivity index (χ2v) is 6.58. The van der Waals surface area contributed by atoms with Crippen molar-refractivity contribution in [2.75, 3.05) is 11.9 Å². The minimum absolute atomic E-state index is 0.0287. The third-order valence-corrected chi connectivity index (χ3v) is 4.46. The smallest absolute Gasteiger partial charge is 0.325 e. The lowest BCUT2D eigenvalue weighted by Crippen LogP contribution is -2.34. The summed E-state index contributed by atoms with van der Waals surface area (Å²) in [5.41, 5.74) is 1.68. The lowest BCUT2D eigenvalue weighted by atomic mass is 10.1. The van der Waals surface area contributed by atoms with Crippen LogP contribution < -0.4 is 21.1 Å². The van der Waals surface area contributed by atoms with E-state index in [1.54, 1.807) is 12.1 Å². The quantitative estimate of drug-likeness (QED) is 0.508. The van der Waals surface area contributed by atoms with Crippen molar-refractivity contribution in [3.63, 3.8) is 0 Å². The number of carbonyl (C=O) groups excluding carboxylic acids is 2. The minimum atomic E-state index is -0.364. The third-order valence-electron chi connectivity index (χ3n) is 4.46. The molecular weight excluding hydrogens is 362 g/mol. The van der Waals surface area contributed by atoms with Crippen molar-refractivity contribution in [1.82, 2.24) is 20.3 Å². The van der Waals surface area contributed by atoms with Crippen LogP contribution in [0.1, 0.15) is 18.4 Å². The number of hydrogen-bond donors (Lipinski definition) is 4. The maximum absolute atomic E-state index is 12.0. The predicted molar refractivity (Wildman–Crippen MR) is 102 cm³/mol. The number of H-pyrrole nitrogens is 2. The van der Waals surface area contributed by atoms with E-state index in [9.17, 15) is 14.4 Å². The molecule has 0 saturated heterocycles.